The Hall–Kier alpha value is -3.14. The molecule has 5 rings (SSSR count). The van der Waals surface area contributed by atoms with Gasteiger partial charge in [0.2, 0.25) is 5.88 Å². The molecule has 0 bridgehead atoms. The smallest absolute Gasteiger partial charge is 0.217 e. The summed E-state index contributed by atoms with van der Waals surface area (Å²) in [6.45, 7) is 0. The first kappa shape index (κ1) is 16.1. The summed E-state index contributed by atoms with van der Waals surface area (Å²) in [5.74, 6) is 1.15. The third-order valence-electron chi connectivity index (χ3n) is 5.57. The van der Waals surface area contributed by atoms with Crippen LogP contribution in [0.1, 0.15) is 29.2 Å². The summed E-state index contributed by atoms with van der Waals surface area (Å²) in [6, 6.07) is 19.2. The summed E-state index contributed by atoms with van der Waals surface area (Å²) in [6.07, 6.45) is 5.08. The normalized spacial score (nSPS) is 16.3. The Morgan fingerprint density at radius 1 is 1.04 bits per heavy atom. The molecule has 0 aliphatic heterocycles. The van der Waals surface area contributed by atoms with Gasteiger partial charge in [0.05, 0.1) is 18.5 Å². The summed E-state index contributed by atoms with van der Waals surface area (Å²) < 4.78 is 5.68. The van der Waals surface area contributed by atoms with Gasteiger partial charge >= 0.3 is 0 Å². The molecule has 134 valence electrons. The Morgan fingerprint density at radius 2 is 1.93 bits per heavy atom. The molecule has 4 aromatic rings. The first-order valence-electron chi connectivity index (χ1n) is 9.37. The quantitative estimate of drug-likeness (QED) is 0.568. The zero-order chi connectivity index (χ0) is 18.2. The van der Waals surface area contributed by atoms with Gasteiger partial charge in [0.15, 0.2) is 0 Å². The molecule has 4 nitrogen and oxygen atoms in total. The highest BCUT2D eigenvalue weighted by Crippen LogP contribution is 2.37. The number of hydrogen-bond acceptors (Lipinski definition) is 3. The molecule has 0 saturated heterocycles. The number of hydrogen-bond donors (Lipinski definition) is 1. The molecular weight excluding hydrogens is 334 g/mol. The Kier molecular flexibility index (Phi) is 3.89. The van der Waals surface area contributed by atoms with Crippen LogP contribution in [0.4, 0.5) is 0 Å². The van der Waals surface area contributed by atoms with Crippen molar-refractivity contribution in [2.45, 2.75) is 25.2 Å². The fraction of sp³-hybridized carbons (Fsp3) is 0.217. The fourth-order valence-corrected chi connectivity index (χ4v) is 4.12. The molecule has 0 amide bonds. The maximum absolute atomic E-state index is 5.68. The minimum atomic E-state index is 0.420. The van der Waals surface area contributed by atoms with E-state index in [0.717, 1.165) is 36.4 Å². The van der Waals surface area contributed by atoms with Crippen LogP contribution in [0.2, 0.25) is 0 Å². The number of aromatic amines is 1. The van der Waals surface area contributed by atoms with Crippen molar-refractivity contribution in [2.24, 2.45) is 0 Å². The minimum absolute atomic E-state index is 0.420. The molecule has 4 heteroatoms. The number of nitrogens with one attached hydrogen (secondary N) is 1. The number of pyridine rings is 1. The van der Waals surface area contributed by atoms with Gasteiger partial charge in [-0.3, -0.25) is 5.10 Å². The van der Waals surface area contributed by atoms with Crippen molar-refractivity contribution in [1.29, 1.82) is 0 Å². The molecule has 1 atom stereocenters. The van der Waals surface area contributed by atoms with Gasteiger partial charge in [-0.15, -0.1) is 0 Å². The molecule has 27 heavy (non-hydrogen) atoms. The molecule has 2 heterocycles. The number of methoxy groups -OCH3 is 1. The molecule has 1 N–H and O–H groups in total. The van der Waals surface area contributed by atoms with Crippen molar-refractivity contribution < 1.29 is 4.74 Å². The lowest BCUT2D eigenvalue weighted by Gasteiger charge is -2.23. The van der Waals surface area contributed by atoms with Crippen LogP contribution in [0.25, 0.3) is 22.0 Å². The van der Waals surface area contributed by atoms with Crippen LogP contribution < -0.4 is 4.74 Å². The maximum Gasteiger partial charge on any atom is 0.217 e. The standard InChI is InChI=1S/C23H21N3O/c1-27-23-20(17-8-10-22-19(13-17)14-24-26-22)9-11-21(25-23)18-7-6-15-4-2-3-5-16(15)12-18/h2-7,9,11-12,14,17H,8,10,13H2,1H3,(H,24,26). The van der Waals surface area contributed by atoms with E-state index < -0.39 is 0 Å². The lowest BCUT2D eigenvalue weighted by Crippen LogP contribution is -2.13. The molecular formula is C23H21N3O. The SMILES string of the molecule is COc1nc(-c2ccc3ccccc3c2)ccc1C1CCc2n[nH]cc2C1. The number of aryl methyl sites for hydroxylation is 1. The highest BCUT2D eigenvalue weighted by Gasteiger charge is 2.25. The van der Waals surface area contributed by atoms with E-state index in [-0.39, 0.29) is 0 Å². The van der Waals surface area contributed by atoms with Crippen LogP contribution in [0, 0.1) is 0 Å². The zero-order valence-electron chi connectivity index (χ0n) is 15.3. The van der Waals surface area contributed by atoms with Crippen molar-refractivity contribution in [1.82, 2.24) is 15.2 Å². The fourth-order valence-electron chi connectivity index (χ4n) is 4.12. The summed E-state index contributed by atoms with van der Waals surface area (Å²) in [7, 11) is 1.71. The van der Waals surface area contributed by atoms with E-state index in [9.17, 15) is 0 Å². The topological polar surface area (TPSA) is 50.8 Å². The van der Waals surface area contributed by atoms with Crippen molar-refractivity contribution in [3.63, 3.8) is 0 Å². The molecule has 1 aliphatic carbocycles. The van der Waals surface area contributed by atoms with Crippen LogP contribution in [-0.2, 0) is 12.8 Å². The Bertz CT molecular complexity index is 1120. The van der Waals surface area contributed by atoms with Gasteiger partial charge < -0.3 is 4.74 Å². The van der Waals surface area contributed by atoms with Gasteiger partial charge in [0.25, 0.3) is 0 Å². The first-order chi connectivity index (χ1) is 13.3. The molecule has 0 saturated carbocycles. The van der Waals surface area contributed by atoms with Crippen LogP contribution in [-0.4, -0.2) is 22.3 Å². The third kappa shape index (κ3) is 2.87. The Morgan fingerprint density at radius 3 is 2.81 bits per heavy atom. The molecule has 1 aliphatic rings. The molecule has 0 spiro atoms. The van der Waals surface area contributed by atoms with Crippen LogP contribution in [0.5, 0.6) is 5.88 Å². The summed E-state index contributed by atoms with van der Waals surface area (Å²) in [5.41, 5.74) is 5.76. The van der Waals surface area contributed by atoms with E-state index in [0.29, 0.717) is 5.92 Å². The van der Waals surface area contributed by atoms with Crippen molar-refractivity contribution in [2.75, 3.05) is 7.11 Å². The second kappa shape index (κ2) is 6.54. The summed E-state index contributed by atoms with van der Waals surface area (Å²) in [4.78, 5) is 4.84. The van der Waals surface area contributed by atoms with Gasteiger partial charge in [-0.2, -0.15) is 5.10 Å². The largest absolute Gasteiger partial charge is 0.481 e. The monoisotopic (exact) mass is 355 g/mol. The van der Waals surface area contributed by atoms with Crippen LogP contribution in [0.15, 0.2) is 60.8 Å². The molecule has 2 aromatic heterocycles. The average molecular weight is 355 g/mol. The second-order valence-electron chi connectivity index (χ2n) is 7.15. The number of nitrogens with zero attached hydrogens (tertiary/aromatic N) is 2. The van der Waals surface area contributed by atoms with Gasteiger partial charge in [-0.1, -0.05) is 42.5 Å². The Labute approximate surface area is 158 Å². The average Bonchev–Trinajstić information content (AvgIpc) is 3.21. The minimum Gasteiger partial charge on any atom is -0.481 e. The van der Waals surface area contributed by atoms with Gasteiger partial charge in [-0.25, -0.2) is 4.98 Å². The highest BCUT2D eigenvalue weighted by atomic mass is 16.5. The summed E-state index contributed by atoms with van der Waals surface area (Å²) in [5, 5.41) is 9.78. The molecule has 0 fully saturated rings. The Balaban J connectivity index is 1.50. The van der Waals surface area contributed by atoms with Crippen molar-refractivity contribution in [3.05, 3.63) is 77.6 Å². The lowest BCUT2D eigenvalue weighted by atomic mass is 9.83. The number of ether oxygens (including phenoxy) is 1. The van der Waals surface area contributed by atoms with Crippen LogP contribution >= 0.6 is 0 Å². The second-order valence-corrected chi connectivity index (χ2v) is 7.15. The number of fused-ring (bicyclic) bond motifs is 2. The number of rotatable bonds is 3. The highest BCUT2D eigenvalue weighted by molar-refractivity contribution is 5.86. The van der Waals surface area contributed by atoms with E-state index in [4.69, 9.17) is 9.72 Å². The first-order valence-corrected chi connectivity index (χ1v) is 9.37. The van der Waals surface area contributed by atoms with Gasteiger partial charge in [0, 0.05) is 17.3 Å². The zero-order valence-corrected chi connectivity index (χ0v) is 15.3. The van der Waals surface area contributed by atoms with Crippen molar-refractivity contribution in [3.8, 4) is 17.1 Å². The lowest BCUT2D eigenvalue weighted by molar-refractivity contribution is 0.385. The number of H-pyrrole nitrogens is 1. The molecule has 2 aromatic carbocycles. The van der Waals surface area contributed by atoms with Gasteiger partial charge in [0.1, 0.15) is 0 Å². The van der Waals surface area contributed by atoms with E-state index in [1.54, 1.807) is 7.11 Å². The predicted molar refractivity (Wildman–Crippen MR) is 107 cm³/mol. The van der Waals surface area contributed by atoms with E-state index >= 15 is 0 Å². The predicted octanol–water partition coefficient (Wildman–Crippen LogP) is 4.91. The van der Waals surface area contributed by atoms with Crippen molar-refractivity contribution >= 4 is 10.8 Å². The van der Waals surface area contributed by atoms with E-state index in [2.05, 4.69) is 64.8 Å². The third-order valence-corrected chi connectivity index (χ3v) is 5.57. The molecule has 1 unspecified atom stereocenters. The number of benzene rings is 2. The van der Waals surface area contributed by atoms with Gasteiger partial charge in [-0.05, 0) is 53.6 Å². The van der Waals surface area contributed by atoms with E-state index in [1.807, 2.05) is 6.20 Å². The summed E-state index contributed by atoms with van der Waals surface area (Å²) >= 11 is 0. The van der Waals surface area contributed by atoms with E-state index in [1.165, 1.54) is 27.6 Å². The number of aromatic nitrogens is 3. The van der Waals surface area contributed by atoms with Crippen LogP contribution in [0.3, 0.4) is 0 Å². The maximum atomic E-state index is 5.68. The molecule has 0 radical (unpaired) electrons.